The second kappa shape index (κ2) is 9.11. The van der Waals surface area contributed by atoms with Crippen molar-refractivity contribution in [2.24, 2.45) is 0 Å². The minimum Gasteiger partial charge on any atom is -0.392 e. The second-order valence-electron chi connectivity index (χ2n) is 7.11. The summed E-state index contributed by atoms with van der Waals surface area (Å²) in [5.74, 6) is 1.80. The molecule has 0 atom stereocenters. The number of aliphatic hydroxyl groups is 1. The van der Waals surface area contributed by atoms with Crippen LogP contribution < -0.4 is 10.9 Å². The fourth-order valence-electron chi connectivity index (χ4n) is 3.58. The van der Waals surface area contributed by atoms with Gasteiger partial charge in [0.25, 0.3) is 5.56 Å². The topological polar surface area (TPSA) is 95.1 Å². The average molecular weight is 430 g/mol. The number of hydrogen-bond acceptors (Lipinski definition) is 6. The molecule has 0 spiro atoms. The number of nitrogens with zero attached hydrogens (tertiary/aromatic N) is 1. The van der Waals surface area contributed by atoms with E-state index in [1.807, 2.05) is 0 Å². The Balaban J connectivity index is 1.32. The zero-order chi connectivity index (χ0) is 20.2. The van der Waals surface area contributed by atoms with Gasteiger partial charge in [-0.3, -0.25) is 9.59 Å². The predicted octanol–water partition coefficient (Wildman–Crippen LogP) is 3.62. The Bertz CT molecular complexity index is 1090. The van der Waals surface area contributed by atoms with E-state index < -0.39 is 0 Å². The van der Waals surface area contributed by atoms with E-state index in [1.54, 1.807) is 47.4 Å². The molecule has 2 heterocycles. The molecule has 1 aliphatic carbocycles. The summed E-state index contributed by atoms with van der Waals surface area (Å²) in [5.41, 5.74) is 2.61. The number of H-pyrrole nitrogens is 1. The summed E-state index contributed by atoms with van der Waals surface area (Å²) in [7, 11) is 0. The first-order valence-corrected chi connectivity index (χ1v) is 11.7. The van der Waals surface area contributed by atoms with Crippen LogP contribution in [0.15, 0.2) is 29.1 Å². The molecule has 0 saturated heterocycles. The van der Waals surface area contributed by atoms with Gasteiger partial charge in [0.05, 0.1) is 17.7 Å². The summed E-state index contributed by atoms with van der Waals surface area (Å²) in [5, 5.41) is 12.8. The van der Waals surface area contributed by atoms with E-state index in [9.17, 15) is 9.59 Å². The number of thioether (sulfide) groups is 1. The van der Waals surface area contributed by atoms with E-state index in [2.05, 4.69) is 15.3 Å². The highest BCUT2D eigenvalue weighted by molar-refractivity contribution is 7.98. The Morgan fingerprint density at radius 3 is 3.03 bits per heavy atom. The number of fused-ring (bicyclic) bond motifs is 3. The Morgan fingerprint density at radius 1 is 1.31 bits per heavy atom. The Morgan fingerprint density at radius 2 is 2.17 bits per heavy atom. The largest absolute Gasteiger partial charge is 0.392 e. The van der Waals surface area contributed by atoms with Crippen LogP contribution in [0.3, 0.4) is 0 Å². The maximum Gasteiger partial charge on any atom is 0.259 e. The summed E-state index contributed by atoms with van der Waals surface area (Å²) >= 11 is 3.23. The molecule has 152 valence electrons. The van der Waals surface area contributed by atoms with Crippen LogP contribution in [0.4, 0.5) is 5.69 Å². The molecule has 0 unspecified atom stereocenters. The monoisotopic (exact) mass is 429 g/mol. The molecule has 3 N–H and O–H groups in total. The molecule has 4 rings (SSSR count). The zero-order valence-electron chi connectivity index (χ0n) is 16.0. The lowest BCUT2D eigenvalue weighted by Crippen LogP contribution is -2.13. The number of thiophene rings is 1. The highest BCUT2D eigenvalue weighted by atomic mass is 32.2. The van der Waals surface area contributed by atoms with Gasteiger partial charge in [0.1, 0.15) is 10.7 Å². The van der Waals surface area contributed by atoms with Gasteiger partial charge in [0, 0.05) is 22.7 Å². The van der Waals surface area contributed by atoms with E-state index in [1.165, 1.54) is 16.9 Å². The lowest BCUT2D eigenvalue weighted by molar-refractivity contribution is -0.115. The fourth-order valence-corrected chi connectivity index (χ4v) is 5.67. The number of nitrogens with one attached hydrogen (secondary N) is 2. The number of benzene rings is 1. The number of aromatic nitrogens is 2. The molecule has 1 aliphatic rings. The molecule has 6 nitrogen and oxygen atoms in total. The maximum atomic E-state index is 12.5. The van der Waals surface area contributed by atoms with Crippen molar-refractivity contribution in [1.82, 2.24) is 9.97 Å². The van der Waals surface area contributed by atoms with Gasteiger partial charge in [0.2, 0.25) is 5.91 Å². The molecular formula is C21H23N3O3S2. The standard InChI is InChI=1S/C21H23N3O3S2/c25-11-13-4-3-5-14(10-13)22-18(26)8-9-28-12-17-23-20(27)19-15-6-1-2-7-16(15)29-21(19)24-17/h3-5,10,25H,1-2,6-9,11-12H2,(H,22,26)(H,23,24,27). The smallest absolute Gasteiger partial charge is 0.259 e. The molecule has 1 aromatic carbocycles. The maximum absolute atomic E-state index is 12.5. The van der Waals surface area contributed by atoms with E-state index >= 15 is 0 Å². The number of hydrogen-bond donors (Lipinski definition) is 3. The number of aryl methyl sites for hydroxylation is 2. The van der Waals surface area contributed by atoms with Crippen LogP contribution in [0, 0.1) is 0 Å². The van der Waals surface area contributed by atoms with E-state index in [4.69, 9.17) is 5.11 Å². The van der Waals surface area contributed by atoms with Crippen molar-refractivity contribution in [2.75, 3.05) is 11.1 Å². The van der Waals surface area contributed by atoms with Gasteiger partial charge in [-0.15, -0.1) is 11.3 Å². The molecule has 0 bridgehead atoms. The Labute approximate surface area is 176 Å². The van der Waals surface area contributed by atoms with Gasteiger partial charge >= 0.3 is 0 Å². The third-order valence-corrected chi connectivity index (χ3v) is 7.14. The molecule has 0 radical (unpaired) electrons. The molecule has 29 heavy (non-hydrogen) atoms. The number of anilines is 1. The van der Waals surface area contributed by atoms with E-state index in [-0.39, 0.29) is 18.1 Å². The van der Waals surface area contributed by atoms with Gasteiger partial charge < -0.3 is 15.4 Å². The third-order valence-electron chi connectivity index (χ3n) is 4.98. The normalized spacial score (nSPS) is 13.4. The van der Waals surface area contributed by atoms with Crippen LogP contribution in [-0.2, 0) is 30.0 Å². The van der Waals surface area contributed by atoms with Crippen molar-refractivity contribution in [3.05, 3.63) is 56.4 Å². The number of aliphatic hydroxyl groups excluding tert-OH is 1. The number of carbonyl (C=O) groups is 1. The second-order valence-corrected chi connectivity index (χ2v) is 9.30. The first-order valence-electron chi connectivity index (χ1n) is 9.75. The minimum atomic E-state index is -0.0737. The van der Waals surface area contributed by atoms with Gasteiger partial charge in [-0.1, -0.05) is 12.1 Å². The average Bonchev–Trinajstić information content (AvgIpc) is 3.10. The van der Waals surface area contributed by atoms with Crippen LogP contribution in [0.25, 0.3) is 10.2 Å². The number of carbonyl (C=O) groups excluding carboxylic acids is 1. The van der Waals surface area contributed by atoms with Crippen molar-refractivity contribution < 1.29 is 9.90 Å². The number of amides is 1. The van der Waals surface area contributed by atoms with Crippen LogP contribution in [0.5, 0.6) is 0 Å². The molecule has 1 amide bonds. The van der Waals surface area contributed by atoms with Gasteiger partial charge in [-0.25, -0.2) is 4.98 Å². The first-order chi connectivity index (χ1) is 14.1. The summed E-state index contributed by atoms with van der Waals surface area (Å²) in [6.45, 7) is -0.0532. The molecule has 3 aromatic rings. The van der Waals surface area contributed by atoms with Gasteiger partial charge in [0.15, 0.2) is 0 Å². The number of aromatic amines is 1. The summed E-state index contributed by atoms with van der Waals surface area (Å²) in [4.78, 5) is 34.4. The highest BCUT2D eigenvalue weighted by Crippen LogP contribution is 2.33. The third kappa shape index (κ3) is 4.71. The van der Waals surface area contributed by atoms with E-state index in [0.717, 1.165) is 35.0 Å². The Kier molecular flexibility index (Phi) is 6.32. The van der Waals surface area contributed by atoms with Crippen LogP contribution in [-0.4, -0.2) is 26.7 Å². The minimum absolute atomic E-state index is 0.0356. The van der Waals surface area contributed by atoms with Crippen LogP contribution in [0.1, 0.15) is 41.1 Å². The molecule has 0 saturated carbocycles. The van der Waals surface area contributed by atoms with E-state index in [0.29, 0.717) is 29.4 Å². The first kappa shape index (κ1) is 20.1. The van der Waals surface area contributed by atoms with Gasteiger partial charge in [-0.05, 0) is 48.9 Å². The molecule has 2 aromatic heterocycles. The summed E-state index contributed by atoms with van der Waals surface area (Å²) in [6, 6.07) is 7.17. The SMILES string of the molecule is O=C(CCSCc1nc2sc3c(c2c(=O)[nH]1)CCCC3)Nc1cccc(CO)c1. The fraction of sp³-hybridized carbons (Fsp3) is 0.381. The van der Waals surface area contributed by atoms with Crippen LogP contribution in [0.2, 0.25) is 0 Å². The molecular weight excluding hydrogens is 406 g/mol. The predicted molar refractivity (Wildman–Crippen MR) is 119 cm³/mol. The molecule has 0 aliphatic heterocycles. The van der Waals surface area contributed by atoms with Crippen LogP contribution >= 0.6 is 23.1 Å². The lowest BCUT2D eigenvalue weighted by Gasteiger charge is -2.09. The van der Waals surface area contributed by atoms with Gasteiger partial charge in [-0.2, -0.15) is 11.8 Å². The van der Waals surface area contributed by atoms with Crippen molar-refractivity contribution in [2.45, 2.75) is 44.5 Å². The Hall–Kier alpha value is -2.16. The summed E-state index contributed by atoms with van der Waals surface area (Å²) in [6.07, 6.45) is 4.73. The highest BCUT2D eigenvalue weighted by Gasteiger charge is 2.19. The number of rotatable bonds is 7. The zero-order valence-corrected chi connectivity index (χ0v) is 17.6. The lowest BCUT2D eigenvalue weighted by atomic mass is 9.97. The molecule has 8 heteroatoms. The van der Waals surface area contributed by atoms with Crippen molar-refractivity contribution in [1.29, 1.82) is 0 Å². The van der Waals surface area contributed by atoms with Crippen molar-refractivity contribution in [3.63, 3.8) is 0 Å². The molecule has 0 fully saturated rings. The summed E-state index contributed by atoms with van der Waals surface area (Å²) < 4.78 is 0. The quantitative estimate of drug-likeness (QED) is 0.499. The van der Waals surface area contributed by atoms with Crippen molar-refractivity contribution in [3.8, 4) is 0 Å². The van der Waals surface area contributed by atoms with Crippen molar-refractivity contribution >= 4 is 44.9 Å².